The van der Waals surface area contributed by atoms with Crippen LogP contribution in [0, 0.1) is 11.3 Å². The van der Waals surface area contributed by atoms with Gasteiger partial charge in [-0.2, -0.15) is 5.26 Å². The van der Waals surface area contributed by atoms with E-state index in [1.54, 1.807) is 25.4 Å². The first kappa shape index (κ1) is 13.9. The first-order valence-corrected chi connectivity index (χ1v) is 6.61. The Balaban J connectivity index is 2.18. The molecule has 5 nitrogen and oxygen atoms in total. The monoisotopic (exact) mass is 270 g/mol. The number of nitriles is 1. The summed E-state index contributed by atoms with van der Waals surface area (Å²) < 4.78 is 7.40. The van der Waals surface area contributed by atoms with E-state index in [4.69, 9.17) is 10.00 Å². The lowest BCUT2D eigenvalue weighted by Crippen LogP contribution is -2.09. The van der Waals surface area contributed by atoms with Crippen LogP contribution < -0.4 is 10.1 Å². The van der Waals surface area contributed by atoms with Crippen LogP contribution in [0.15, 0.2) is 30.6 Å². The molecule has 0 saturated heterocycles. The lowest BCUT2D eigenvalue weighted by atomic mass is 10.2. The van der Waals surface area contributed by atoms with Crippen molar-refractivity contribution >= 4 is 5.69 Å². The minimum atomic E-state index is 0.558. The minimum absolute atomic E-state index is 0.558. The molecule has 2 rings (SSSR count). The summed E-state index contributed by atoms with van der Waals surface area (Å²) in [6.07, 6.45) is 4.81. The molecule has 0 fully saturated rings. The highest BCUT2D eigenvalue weighted by Gasteiger charge is 2.09. The topological polar surface area (TPSA) is 62.9 Å². The zero-order chi connectivity index (χ0) is 14.4. The molecule has 104 valence electrons. The maximum absolute atomic E-state index is 9.17. The third-order valence-electron chi connectivity index (χ3n) is 3.06. The van der Waals surface area contributed by atoms with E-state index in [2.05, 4.69) is 27.9 Å². The molecule has 0 bridgehead atoms. The standard InChI is InChI=1S/C15H18N4O/c1-3-8-19-9-7-17-14(19)11-18-15-12(10-16)5-4-6-13(15)20-2/h4-7,9,18H,3,8,11H2,1-2H3. The van der Waals surface area contributed by atoms with Crippen LogP contribution in [-0.4, -0.2) is 16.7 Å². The average molecular weight is 270 g/mol. The number of ether oxygens (including phenoxy) is 1. The van der Waals surface area contributed by atoms with E-state index in [1.807, 2.05) is 12.3 Å². The van der Waals surface area contributed by atoms with Crippen molar-refractivity contribution < 1.29 is 4.74 Å². The molecule has 0 aliphatic heterocycles. The Hall–Kier alpha value is -2.48. The number of para-hydroxylation sites is 1. The van der Waals surface area contributed by atoms with Gasteiger partial charge in [0.2, 0.25) is 0 Å². The molecule has 0 saturated carbocycles. The van der Waals surface area contributed by atoms with Gasteiger partial charge in [0, 0.05) is 18.9 Å². The quantitative estimate of drug-likeness (QED) is 0.876. The summed E-state index contributed by atoms with van der Waals surface area (Å²) in [5, 5.41) is 12.4. The number of methoxy groups -OCH3 is 1. The van der Waals surface area contributed by atoms with E-state index in [0.717, 1.165) is 18.8 Å². The van der Waals surface area contributed by atoms with Crippen LogP contribution in [0.2, 0.25) is 0 Å². The largest absolute Gasteiger partial charge is 0.495 e. The Labute approximate surface area is 118 Å². The Morgan fingerprint density at radius 2 is 2.30 bits per heavy atom. The van der Waals surface area contributed by atoms with Gasteiger partial charge in [-0.15, -0.1) is 0 Å². The van der Waals surface area contributed by atoms with Gasteiger partial charge in [-0.05, 0) is 18.6 Å². The van der Waals surface area contributed by atoms with Crippen LogP contribution in [0.25, 0.3) is 0 Å². The van der Waals surface area contributed by atoms with Crippen molar-refractivity contribution in [3.8, 4) is 11.8 Å². The van der Waals surface area contributed by atoms with Crippen molar-refractivity contribution in [1.29, 1.82) is 5.26 Å². The summed E-state index contributed by atoms with van der Waals surface area (Å²) in [4.78, 5) is 4.34. The average Bonchev–Trinajstić information content (AvgIpc) is 2.92. The summed E-state index contributed by atoms with van der Waals surface area (Å²) in [5.41, 5.74) is 1.28. The van der Waals surface area contributed by atoms with Gasteiger partial charge >= 0.3 is 0 Å². The number of imidazole rings is 1. The van der Waals surface area contributed by atoms with Gasteiger partial charge in [-0.3, -0.25) is 0 Å². The van der Waals surface area contributed by atoms with Gasteiger partial charge in [0.25, 0.3) is 0 Å². The van der Waals surface area contributed by atoms with E-state index >= 15 is 0 Å². The molecular weight excluding hydrogens is 252 g/mol. The first-order chi connectivity index (χ1) is 9.80. The summed E-state index contributed by atoms with van der Waals surface area (Å²) in [7, 11) is 1.60. The molecule has 20 heavy (non-hydrogen) atoms. The molecule has 0 radical (unpaired) electrons. The van der Waals surface area contributed by atoms with Crippen molar-refractivity contribution in [3.05, 3.63) is 42.0 Å². The fourth-order valence-electron chi connectivity index (χ4n) is 2.10. The van der Waals surface area contributed by atoms with E-state index in [1.165, 1.54) is 0 Å². The third kappa shape index (κ3) is 2.91. The molecule has 1 aromatic carbocycles. The van der Waals surface area contributed by atoms with Gasteiger partial charge < -0.3 is 14.6 Å². The second-order valence-electron chi connectivity index (χ2n) is 4.39. The van der Waals surface area contributed by atoms with E-state index < -0.39 is 0 Å². The van der Waals surface area contributed by atoms with Crippen molar-refractivity contribution in [2.75, 3.05) is 12.4 Å². The first-order valence-electron chi connectivity index (χ1n) is 6.61. The van der Waals surface area contributed by atoms with Gasteiger partial charge in [0.05, 0.1) is 24.9 Å². The fraction of sp³-hybridized carbons (Fsp3) is 0.333. The molecule has 0 atom stereocenters. The maximum Gasteiger partial charge on any atom is 0.143 e. The van der Waals surface area contributed by atoms with Crippen LogP contribution in [0.5, 0.6) is 5.75 Å². The lowest BCUT2D eigenvalue weighted by molar-refractivity contribution is 0.416. The van der Waals surface area contributed by atoms with Gasteiger partial charge in [0.1, 0.15) is 17.6 Å². The number of anilines is 1. The molecule has 1 N–H and O–H groups in total. The number of rotatable bonds is 6. The van der Waals surface area contributed by atoms with Gasteiger partial charge in [0.15, 0.2) is 0 Å². The van der Waals surface area contributed by atoms with Crippen LogP contribution in [0.4, 0.5) is 5.69 Å². The molecule has 5 heteroatoms. The molecule has 2 aromatic rings. The molecule has 0 aliphatic rings. The number of benzene rings is 1. The molecule has 1 heterocycles. The normalized spacial score (nSPS) is 10.1. The minimum Gasteiger partial charge on any atom is -0.495 e. The number of hydrogen-bond acceptors (Lipinski definition) is 4. The van der Waals surface area contributed by atoms with E-state index in [0.29, 0.717) is 23.5 Å². The van der Waals surface area contributed by atoms with Crippen LogP contribution in [0.1, 0.15) is 24.7 Å². The summed E-state index contributed by atoms with van der Waals surface area (Å²) in [6.45, 7) is 3.63. The zero-order valence-electron chi connectivity index (χ0n) is 11.8. The maximum atomic E-state index is 9.17. The second kappa shape index (κ2) is 6.62. The van der Waals surface area contributed by atoms with Crippen molar-refractivity contribution in [1.82, 2.24) is 9.55 Å². The molecular formula is C15H18N4O. The predicted molar refractivity (Wildman–Crippen MR) is 77.6 cm³/mol. The number of aromatic nitrogens is 2. The van der Waals surface area contributed by atoms with Gasteiger partial charge in [-0.25, -0.2) is 4.98 Å². The smallest absolute Gasteiger partial charge is 0.143 e. The van der Waals surface area contributed by atoms with E-state index in [9.17, 15) is 0 Å². The van der Waals surface area contributed by atoms with Gasteiger partial charge in [-0.1, -0.05) is 13.0 Å². The summed E-state index contributed by atoms with van der Waals surface area (Å²) in [6, 6.07) is 7.58. The van der Waals surface area contributed by atoms with Crippen molar-refractivity contribution in [3.63, 3.8) is 0 Å². The molecule has 0 aliphatic carbocycles. The van der Waals surface area contributed by atoms with Crippen LogP contribution in [-0.2, 0) is 13.1 Å². The van der Waals surface area contributed by atoms with Crippen LogP contribution in [0.3, 0.4) is 0 Å². The SMILES string of the molecule is CCCn1ccnc1CNc1c(C#N)cccc1OC. The van der Waals surface area contributed by atoms with Crippen LogP contribution >= 0.6 is 0 Å². The highest BCUT2D eigenvalue weighted by atomic mass is 16.5. The highest BCUT2D eigenvalue weighted by Crippen LogP contribution is 2.28. The van der Waals surface area contributed by atoms with Crippen molar-refractivity contribution in [2.45, 2.75) is 26.4 Å². The molecule has 0 unspecified atom stereocenters. The highest BCUT2D eigenvalue weighted by molar-refractivity contribution is 5.66. The lowest BCUT2D eigenvalue weighted by Gasteiger charge is -2.13. The third-order valence-corrected chi connectivity index (χ3v) is 3.06. The Bertz CT molecular complexity index is 613. The second-order valence-corrected chi connectivity index (χ2v) is 4.39. The summed E-state index contributed by atoms with van der Waals surface area (Å²) in [5.74, 6) is 1.61. The van der Waals surface area contributed by atoms with E-state index in [-0.39, 0.29) is 0 Å². The van der Waals surface area contributed by atoms with Crippen molar-refractivity contribution in [2.24, 2.45) is 0 Å². The number of aryl methyl sites for hydroxylation is 1. The number of hydrogen-bond donors (Lipinski definition) is 1. The Kier molecular flexibility index (Phi) is 4.61. The molecule has 1 aromatic heterocycles. The molecule has 0 amide bonds. The number of nitrogens with zero attached hydrogens (tertiary/aromatic N) is 3. The predicted octanol–water partition coefficient (Wildman–Crippen LogP) is 2.79. The molecule has 0 spiro atoms. The number of nitrogens with one attached hydrogen (secondary N) is 1. The Morgan fingerprint density at radius 3 is 3.00 bits per heavy atom. The summed E-state index contributed by atoms with van der Waals surface area (Å²) >= 11 is 0. The fourth-order valence-corrected chi connectivity index (χ4v) is 2.10. The Morgan fingerprint density at radius 1 is 1.45 bits per heavy atom. The zero-order valence-corrected chi connectivity index (χ0v) is 11.8.